The second-order valence-electron chi connectivity index (χ2n) is 4.72. The molecule has 0 radical (unpaired) electrons. The van der Waals surface area contributed by atoms with Gasteiger partial charge in [-0.25, -0.2) is 0 Å². The Labute approximate surface area is 122 Å². The van der Waals surface area contributed by atoms with Crippen LogP contribution in [0.1, 0.15) is 6.42 Å². The summed E-state index contributed by atoms with van der Waals surface area (Å²) in [5, 5.41) is 13.9. The monoisotopic (exact) mass is 286 g/mol. The van der Waals surface area contributed by atoms with Crippen molar-refractivity contribution >= 4 is 33.1 Å². The van der Waals surface area contributed by atoms with Crippen molar-refractivity contribution in [1.29, 1.82) is 0 Å². The van der Waals surface area contributed by atoms with Crippen LogP contribution in [0.5, 0.6) is 5.75 Å². The van der Waals surface area contributed by atoms with Crippen molar-refractivity contribution in [3.8, 4) is 5.75 Å². The summed E-state index contributed by atoms with van der Waals surface area (Å²) < 4.78 is 5.91. The first-order chi connectivity index (χ1) is 9.79. The van der Waals surface area contributed by atoms with Gasteiger partial charge in [-0.05, 0) is 29.0 Å². The summed E-state index contributed by atoms with van der Waals surface area (Å²) in [7, 11) is 0. The molecule has 3 rings (SSSR count). The van der Waals surface area contributed by atoms with Crippen LogP contribution < -0.4 is 4.74 Å². The SMILES string of the molecule is OCCCOc1c2ccccc2cc2ccc(Cl)cc12. The van der Waals surface area contributed by atoms with Gasteiger partial charge < -0.3 is 9.84 Å². The molecule has 0 spiro atoms. The number of aliphatic hydroxyl groups is 1. The van der Waals surface area contributed by atoms with Gasteiger partial charge in [0.2, 0.25) is 0 Å². The maximum Gasteiger partial charge on any atom is 0.134 e. The van der Waals surface area contributed by atoms with Gasteiger partial charge in [-0.3, -0.25) is 0 Å². The molecule has 1 N–H and O–H groups in total. The summed E-state index contributed by atoms with van der Waals surface area (Å²) in [6, 6.07) is 16.1. The predicted molar refractivity (Wildman–Crippen MR) is 83.7 cm³/mol. The van der Waals surface area contributed by atoms with E-state index in [-0.39, 0.29) is 6.61 Å². The highest BCUT2D eigenvalue weighted by Crippen LogP contribution is 2.36. The van der Waals surface area contributed by atoms with Crippen molar-refractivity contribution < 1.29 is 9.84 Å². The van der Waals surface area contributed by atoms with Crippen molar-refractivity contribution in [2.75, 3.05) is 13.2 Å². The Balaban J connectivity index is 2.24. The summed E-state index contributed by atoms with van der Waals surface area (Å²) in [5.74, 6) is 0.842. The summed E-state index contributed by atoms with van der Waals surface area (Å²) >= 11 is 6.11. The number of hydrogen-bond acceptors (Lipinski definition) is 2. The van der Waals surface area contributed by atoms with Gasteiger partial charge in [0.25, 0.3) is 0 Å². The largest absolute Gasteiger partial charge is 0.492 e. The van der Waals surface area contributed by atoms with Gasteiger partial charge in [0.05, 0.1) is 6.61 Å². The Morgan fingerprint density at radius 1 is 0.950 bits per heavy atom. The minimum absolute atomic E-state index is 0.128. The zero-order chi connectivity index (χ0) is 13.9. The molecule has 0 unspecified atom stereocenters. The fourth-order valence-corrected chi connectivity index (χ4v) is 2.56. The van der Waals surface area contributed by atoms with Crippen LogP contribution in [-0.2, 0) is 0 Å². The highest BCUT2D eigenvalue weighted by atomic mass is 35.5. The van der Waals surface area contributed by atoms with Crippen LogP contribution in [0.2, 0.25) is 5.02 Å². The highest BCUT2D eigenvalue weighted by Gasteiger charge is 2.09. The van der Waals surface area contributed by atoms with E-state index in [1.807, 2.05) is 36.4 Å². The van der Waals surface area contributed by atoms with Crippen LogP contribution in [0, 0.1) is 0 Å². The molecule has 3 aromatic rings. The first kappa shape index (κ1) is 13.2. The fourth-order valence-electron chi connectivity index (χ4n) is 2.39. The molecule has 0 bridgehead atoms. The van der Waals surface area contributed by atoms with Crippen molar-refractivity contribution in [2.24, 2.45) is 0 Å². The molecule has 0 fully saturated rings. The van der Waals surface area contributed by atoms with E-state index in [0.29, 0.717) is 18.1 Å². The van der Waals surface area contributed by atoms with Crippen LogP contribution in [0.3, 0.4) is 0 Å². The molecule has 3 heteroatoms. The Kier molecular flexibility index (Phi) is 3.77. The van der Waals surface area contributed by atoms with E-state index in [1.54, 1.807) is 0 Å². The number of ether oxygens (including phenoxy) is 1. The lowest BCUT2D eigenvalue weighted by molar-refractivity contribution is 0.236. The van der Waals surface area contributed by atoms with Crippen molar-refractivity contribution in [1.82, 2.24) is 0 Å². The summed E-state index contributed by atoms with van der Waals surface area (Å²) in [6.45, 7) is 0.621. The third kappa shape index (κ3) is 2.45. The summed E-state index contributed by atoms with van der Waals surface area (Å²) in [5.41, 5.74) is 0. The lowest BCUT2D eigenvalue weighted by Crippen LogP contribution is -2.00. The molecule has 0 atom stereocenters. The quantitative estimate of drug-likeness (QED) is 0.569. The molecule has 0 aromatic heterocycles. The molecular weight excluding hydrogens is 272 g/mol. The van der Waals surface area contributed by atoms with Gasteiger partial charge in [0.1, 0.15) is 5.75 Å². The molecule has 0 aliphatic rings. The zero-order valence-electron chi connectivity index (χ0n) is 11.0. The Hall–Kier alpha value is -1.77. The second-order valence-corrected chi connectivity index (χ2v) is 5.15. The average molecular weight is 287 g/mol. The second kappa shape index (κ2) is 5.70. The van der Waals surface area contributed by atoms with E-state index in [9.17, 15) is 0 Å². The third-order valence-electron chi connectivity index (χ3n) is 3.33. The number of benzene rings is 3. The van der Waals surface area contributed by atoms with Crippen molar-refractivity contribution in [2.45, 2.75) is 6.42 Å². The number of fused-ring (bicyclic) bond motifs is 2. The molecule has 0 saturated carbocycles. The Morgan fingerprint density at radius 3 is 2.60 bits per heavy atom. The van der Waals surface area contributed by atoms with Crippen molar-refractivity contribution in [3.63, 3.8) is 0 Å². The Morgan fingerprint density at radius 2 is 1.75 bits per heavy atom. The van der Waals surface area contributed by atoms with Gasteiger partial charge in [-0.1, -0.05) is 41.9 Å². The lowest BCUT2D eigenvalue weighted by Gasteiger charge is -2.13. The van der Waals surface area contributed by atoms with Gasteiger partial charge in [-0.2, -0.15) is 0 Å². The van der Waals surface area contributed by atoms with Crippen LogP contribution in [0.4, 0.5) is 0 Å². The summed E-state index contributed by atoms with van der Waals surface area (Å²) in [6.07, 6.45) is 0.616. The maximum absolute atomic E-state index is 8.91. The van der Waals surface area contributed by atoms with E-state index in [4.69, 9.17) is 21.4 Å². The molecule has 0 heterocycles. The molecule has 0 saturated heterocycles. The Bertz CT molecular complexity index is 752. The molecule has 0 aliphatic carbocycles. The van der Waals surface area contributed by atoms with Gasteiger partial charge in [-0.15, -0.1) is 0 Å². The molecule has 0 amide bonds. The zero-order valence-corrected chi connectivity index (χ0v) is 11.7. The van der Waals surface area contributed by atoms with Crippen LogP contribution in [0.15, 0.2) is 48.5 Å². The van der Waals surface area contributed by atoms with E-state index in [1.165, 1.54) is 0 Å². The molecule has 0 aliphatic heterocycles. The third-order valence-corrected chi connectivity index (χ3v) is 3.56. The average Bonchev–Trinajstić information content (AvgIpc) is 2.47. The molecule has 102 valence electrons. The molecule has 2 nitrogen and oxygen atoms in total. The van der Waals surface area contributed by atoms with Crippen LogP contribution in [-0.4, -0.2) is 18.3 Å². The first-order valence-corrected chi connectivity index (χ1v) is 7.02. The predicted octanol–water partition coefficient (Wildman–Crippen LogP) is 4.41. The highest BCUT2D eigenvalue weighted by molar-refractivity contribution is 6.31. The smallest absolute Gasteiger partial charge is 0.134 e. The number of halogens is 1. The number of aliphatic hydroxyl groups excluding tert-OH is 1. The summed E-state index contributed by atoms with van der Waals surface area (Å²) in [4.78, 5) is 0. The number of rotatable bonds is 4. The standard InChI is InChI=1S/C17H15ClO2/c18-14-7-6-13-10-12-4-1-2-5-15(12)17(16(13)11-14)20-9-3-8-19/h1-2,4-7,10-11,19H,3,8-9H2. The fraction of sp³-hybridized carbons (Fsp3) is 0.176. The minimum atomic E-state index is 0.128. The van der Waals surface area contributed by atoms with E-state index in [0.717, 1.165) is 27.3 Å². The van der Waals surface area contributed by atoms with Gasteiger partial charge in [0.15, 0.2) is 0 Å². The maximum atomic E-state index is 8.91. The van der Waals surface area contributed by atoms with Crippen LogP contribution in [0.25, 0.3) is 21.5 Å². The van der Waals surface area contributed by atoms with E-state index >= 15 is 0 Å². The van der Waals surface area contributed by atoms with E-state index in [2.05, 4.69) is 12.1 Å². The van der Waals surface area contributed by atoms with Crippen molar-refractivity contribution in [3.05, 3.63) is 53.6 Å². The van der Waals surface area contributed by atoms with Crippen LogP contribution >= 0.6 is 11.6 Å². The topological polar surface area (TPSA) is 29.5 Å². The number of hydrogen-bond donors (Lipinski definition) is 1. The van der Waals surface area contributed by atoms with Gasteiger partial charge >= 0.3 is 0 Å². The minimum Gasteiger partial charge on any atom is -0.492 e. The van der Waals surface area contributed by atoms with E-state index < -0.39 is 0 Å². The van der Waals surface area contributed by atoms with Gasteiger partial charge in [0, 0.05) is 28.8 Å². The molecule has 3 aromatic carbocycles. The normalized spacial score (nSPS) is 11.1. The molecule has 20 heavy (non-hydrogen) atoms. The first-order valence-electron chi connectivity index (χ1n) is 6.64. The lowest BCUT2D eigenvalue weighted by atomic mass is 10.0. The molecular formula is C17H15ClO2.